The first-order chi connectivity index (χ1) is 14.4. The zero-order chi connectivity index (χ0) is 21.3. The van der Waals surface area contributed by atoms with Crippen LogP contribution in [0.2, 0.25) is 0 Å². The molecule has 0 amide bonds. The van der Waals surface area contributed by atoms with Crippen molar-refractivity contribution in [1.29, 1.82) is 0 Å². The number of hydrogen-bond acceptors (Lipinski definition) is 6. The van der Waals surface area contributed by atoms with Crippen molar-refractivity contribution in [3.05, 3.63) is 70.3 Å². The topological polar surface area (TPSA) is 73.8 Å². The van der Waals surface area contributed by atoms with Gasteiger partial charge in [-0.05, 0) is 44.0 Å². The second-order valence-corrected chi connectivity index (χ2v) is 9.10. The Labute approximate surface area is 179 Å². The summed E-state index contributed by atoms with van der Waals surface area (Å²) in [6.07, 6.45) is 0. The Morgan fingerprint density at radius 2 is 1.77 bits per heavy atom. The van der Waals surface area contributed by atoms with Crippen molar-refractivity contribution in [2.75, 3.05) is 0 Å². The van der Waals surface area contributed by atoms with E-state index in [1.165, 1.54) is 17.3 Å². The fourth-order valence-electron chi connectivity index (χ4n) is 3.18. The summed E-state index contributed by atoms with van der Waals surface area (Å²) in [7, 11) is 0. The maximum absolute atomic E-state index is 13.1. The van der Waals surface area contributed by atoms with Crippen LogP contribution < -0.4 is 5.56 Å². The number of hydrogen-bond donors (Lipinski definition) is 0. The lowest BCUT2D eigenvalue weighted by atomic mass is 10.1. The van der Waals surface area contributed by atoms with E-state index in [9.17, 15) is 4.79 Å². The number of fused-ring (bicyclic) bond motifs is 1. The Hall–Kier alpha value is -2.93. The van der Waals surface area contributed by atoms with E-state index in [1.54, 1.807) is 4.57 Å². The zero-order valence-corrected chi connectivity index (χ0v) is 18.3. The molecule has 154 valence electrons. The van der Waals surface area contributed by atoms with Crippen LogP contribution in [0.4, 0.5) is 0 Å². The molecule has 0 spiro atoms. The van der Waals surface area contributed by atoms with E-state index in [0.717, 1.165) is 5.56 Å². The van der Waals surface area contributed by atoms with Gasteiger partial charge >= 0.3 is 0 Å². The minimum absolute atomic E-state index is 0.0186. The molecule has 0 fully saturated rings. The summed E-state index contributed by atoms with van der Waals surface area (Å²) in [6, 6.07) is 15.4. The Bertz CT molecular complexity index is 1230. The second kappa shape index (κ2) is 8.44. The summed E-state index contributed by atoms with van der Waals surface area (Å²) >= 11 is 1.46. The number of nitrogens with zero attached hydrogens (tertiary/aromatic N) is 4. The van der Waals surface area contributed by atoms with E-state index in [0.29, 0.717) is 40.3 Å². The van der Waals surface area contributed by atoms with Crippen LogP contribution in [0.3, 0.4) is 0 Å². The summed E-state index contributed by atoms with van der Waals surface area (Å²) in [5, 5.41) is 9.58. The molecule has 0 unspecified atom stereocenters. The van der Waals surface area contributed by atoms with Crippen LogP contribution in [-0.4, -0.2) is 19.7 Å². The lowest BCUT2D eigenvalue weighted by molar-refractivity contribution is 0.473. The smallest absolute Gasteiger partial charge is 0.262 e. The van der Waals surface area contributed by atoms with E-state index < -0.39 is 0 Å². The first-order valence-electron chi connectivity index (χ1n) is 9.99. The minimum atomic E-state index is -0.150. The molecule has 2 aromatic heterocycles. The van der Waals surface area contributed by atoms with Gasteiger partial charge in [-0.1, -0.05) is 55.4 Å². The summed E-state index contributed by atoms with van der Waals surface area (Å²) in [5.41, 5.74) is 2.74. The van der Waals surface area contributed by atoms with Gasteiger partial charge in [0.1, 0.15) is 0 Å². The molecule has 0 N–H and O–H groups in total. The van der Waals surface area contributed by atoms with Gasteiger partial charge in [-0.3, -0.25) is 9.36 Å². The molecule has 0 saturated heterocycles. The normalized spacial score (nSPS) is 12.6. The summed E-state index contributed by atoms with van der Waals surface area (Å²) in [5.74, 6) is 1.31. The van der Waals surface area contributed by atoms with Crippen LogP contribution in [0.15, 0.2) is 62.9 Å². The monoisotopic (exact) mass is 420 g/mol. The lowest BCUT2D eigenvalue weighted by Crippen LogP contribution is -2.25. The molecule has 2 heterocycles. The van der Waals surface area contributed by atoms with Crippen LogP contribution >= 0.6 is 11.8 Å². The molecule has 0 aliphatic heterocycles. The highest BCUT2D eigenvalue weighted by Crippen LogP contribution is 2.34. The number of para-hydroxylation sites is 1. The first kappa shape index (κ1) is 20.3. The molecule has 0 aliphatic rings. The van der Waals surface area contributed by atoms with Gasteiger partial charge in [-0.25, -0.2) is 4.98 Å². The zero-order valence-electron chi connectivity index (χ0n) is 17.5. The third-order valence-electron chi connectivity index (χ3n) is 4.74. The average molecular weight is 421 g/mol. The molecule has 0 saturated carbocycles. The van der Waals surface area contributed by atoms with E-state index in [4.69, 9.17) is 9.40 Å². The SMILES string of the molecule is Cc1ccc(-c2nnc([C@H](C)Sc3nc4ccccc4c(=O)n3CC(C)C)o2)cc1. The molecule has 0 radical (unpaired) electrons. The Balaban J connectivity index is 1.66. The van der Waals surface area contributed by atoms with Crippen LogP contribution in [0.25, 0.3) is 22.4 Å². The fourth-order valence-corrected chi connectivity index (χ4v) is 4.13. The van der Waals surface area contributed by atoms with E-state index in [-0.39, 0.29) is 10.8 Å². The fraction of sp³-hybridized carbons (Fsp3) is 0.304. The van der Waals surface area contributed by atoms with Crippen LogP contribution in [-0.2, 0) is 6.54 Å². The first-order valence-corrected chi connectivity index (χ1v) is 10.9. The summed E-state index contributed by atoms with van der Waals surface area (Å²) in [4.78, 5) is 17.8. The highest BCUT2D eigenvalue weighted by atomic mass is 32.2. The number of benzene rings is 2. The minimum Gasteiger partial charge on any atom is -0.419 e. The van der Waals surface area contributed by atoms with Crippen LogP contribution in [0, 0.1) is 12.8 Å². The molecule has 0 aliphatic carbocycles. The van der Waals surface area contributed by atoms with Crippen molar-refractivity contribution < 1.29 is 4.42 Å². The van der Waals surface area contributed by atoms with E-state index in [2.05, 4.69) is 24.0 Å². The van der Waals surface area contributed by atoms with Crippen molar-refractivity contribution in [1.82, 2.24) is 19.7 Å². The van der Waals surface area contributed by atoms with Gasteiger partial charge in [0, 0.05) is 12.1 Å². The van der Waals surface area contributed by atoms with Crippen molar-refractivity contribution in [3.63, 3.8) is 0 Å². The van der Waals surface area contributed by atoms with Gasteiger partial charge in [0.25, 0.3) is 5.56 Å². The molecule has 1 atom stereocenters. The third-order valence-corrected chi connectivity index (χ3v) is 5.82. The maximum Gasteiger partial charge on any atom is 0.262 e. The molecule has 6 nitrogen and oxygen atoms in total. The molecule has 30 heavy (non-hydrogen) atoms. The molecule has 7 heteroatoms. The highest BCUT2D eigenvalue weighted by molar-refractivity contribution is 7.99. The van der Waals surface area contributed by atoms with Gasteiger partial charge < -0.3 is 4.42 Å². The van der Waals surface area contributed by atoms with Gasteiger partial charge in [0.05, 0.1) is 16.2 Å². The standard InChI is InChI=1S/C23H24N4O2S/c1-14(2)13-27-22(28)18-7-5-6-8-19(18)24-23(27)30-16(4)20-25-26-21(29-20)17-11-9-15(3)10-12-17/h5-12,14,16H,13H2,1-4H3/t16-/m0/s1. The van der Waals surface area contributed by atoms with Gasteiger partial charge in [0.15, 0.2) is 5.16 Å². The Kier molecular flexibility index (Phi) is 5.72. The van der Waals surface area contributed by atoms with Gasteiger partial charge in [-0.15, -0.1) is 10.2 Å². The predicted octanol–water partition coefficient (Wildman–Crippen LogP) is 5.26. The van der Waals surface area contributed by atoms with E-state index >= 15 is 0 Å². The highest BCUT2D eigenvalue weighted by Gasteiger charge is 2.20. The maximum atomic E-state index is 13.1. The summed E-state index contributed by atoms with van der Waals surface area (Å²) in [6.45, 7) is 8.80. The van der Waals surface area contributed by atoms with Crippen molar-refractivity contribution >= 4 is 22.7 Å². The van der Waals surface area contributed by atoms with Crippen LogP contribution in [0.5, 0.6) is 0 Å². The lowest BCUT2D eigenvalue weighted by Gasteiger charge is -2.16. The molecule has 2 aromatic carbocycles. The van der Waals surface area contributed by atoms with E-state index in [1.807, 2.05) is 62.4 Å². The Morgan fingerprint density at radius 3 is 2.50 bits per heavy atom. The predicted molar refractivity (Wildman–Crippen MR) is 120 cm³/mol. The molecular formula is C23H24N4O2S. The number of rotatable bonds is 6. The average Bonchev–Trinajstić information content (AvgIpc) is 3.22. The largest absolute Gasteiger partial charge is 0.419 e. The quantitative estimate of drug-likeness (QED) is 0.313. The number of thioether (sulfide) groups is 1. The van der Waals surface area contributed by atoms with Crippen molar-refractivity contribution in [2.24, 2.45) is 5.92 Å². The third kappa shape index (κ3) is 4.16. The van der Waals surface area contributed by atoms with Crippen LogP contribution in [0.1, 0.15) is 37.5 Å². The molecule has 4 rings (SSSR count). The second-order valence-electron chi connectivity index (χ2n) is 7.79. The van der Waals surface area contributed by atoms with Gasteiger partial charge in [-0.2, -0.15) is 0 Å². The van der Waals surface area contributed by atoms with Crippen molar-refractivity contribution in [3.8, 4) is 11.5 Å². The molecule has 4 aromatic rings. The number of aryl methyl sites for hydroxylation is 1. The molecular weight excluding hydrogens is 396 g/mol. The Morgan fingerprint density at radius 1 is 1.03 bits per heavy atom. The van der Waals surface area contributed by atoms with Crippen molar-refractivity contribution in [2.45, 2.75) is 44.6 Å². The summed E-state index contributed by atoms with van der Waals surface area (Å²) < 4.78 is 7.68. The molecule has 0 bridgehead atoms. The number of aromatic nitrogens is 4. The van der Waals surface area contributed by atoms with Gasteiger partial charge in [0.2, 0.25) is 11.8 Å².